The van der Waals surface area contributed by atoms with Crippen LogP contribution in [0.2, 0.25) is 5.02 Å². The van der Waals surface area contributed by atoms with Gasteiger partial charge in [0.25, 0.3) is 0 Å². The Kier molecular flexibility index (Phi) is 6.58. The maximum atomic E-state index is 11.9. The van der Waals surface area contributed by atoms with Crippen molar-refractivity contribution in [3.05, 3.63) is 50.4 Å². The number of halogens is 1. The summed E-state index contributed by atoms with van der Waals surface area (Å²) in [5.41, 5.74) is 2.44. The van der Waals surface area contributed by atoms with Gasteiger partial charge >= 0.3 is 0 Å². The molecule has 3 rings (SSSR count). The Morgan fingerprint density at radius 1 is 1.33 bits per heavy atom. The van der Waals surface area contributed by atoms with E-state index in [9.17, 15) is 4.79 Å². The molecule has 0 spiro atoms. The molecule has 24 heavy (non-hydrogen) atoms. The highest BCUT2D eigenvalue weighted by molar-refractivity contribution is 7.99. The smallest absolute Gasteiger partial charge is 0.230 e. The molecule has 0 bridgehead atoms. The number of thiazole rings is 1. The fourth-order valence-electron chi connectivity index (χ4n) is 2.76. The summed E-state index contributed by atoms with van der Waals surface area (Å²) in [4.78, 5) is 18.1. The van der Waals surface area contributed by atoms with Crippen molar-refractivity contribution in [2.45, 2.75) is 37.9 Å². The first-order chi connectivity index (χ1) is 11.7. The van der Waals surface area contributed by atoms with Crippen LogP contribution >= 0.6 is 34.7 Å². The second-order valence-electron chi connectivity index (χ2n) is 5.91. The third kappa shape index (κ3) is 5.23. The topological polar surface area (TPSA) is 42.0 Å². The molecule has 0 aliphatic heterocycles. The molecule has 2 aromatic rings. The van der Waals surface area contributed by atoms with Crippen LogP contribution in [-0.2, 0) is 29.8 Å². The van der Waals surface area contributed by atoms with Gasteiger partial charge in [-0.15, -0.1) is 23.1 Å². The van der Waals surface area contributed by atoms with Gasteiger partial charge in [-0.2, -0.15) is 0 Å². The third-order valence-corrected chi connectivity index (χ3v) is 6.40. The van der Waals surface area contributed by atoms with E-state index in [0.717, 1.165) is 34.2 Å². The molecular weight excluding hydrogens is 360 g/mol. The van der Waals surface area contributed by atoms with Gasteiger partial charge in [-0.3, -0.25) is 4.79 Å². The Bertz CT molecular complexity index is 679. The zero-order chi connectivity index (χ0) is 16.8. The predicted molar refractivity (Wildman–Crippen MR) is 103 cm³/mol. The Morgan fingerprint density at radius 3 is 3.04 bits per heavy atom. The van der Waals surface area contributed by atoms with Gasteiger partial charge in [0, 0.05) is 28.6 Å². The number of hydrogen-bond donors (Lipinski definition) is 1. The summed E-state index contributed by atoms with van der Waals surface area (Å²) >= 11 is 9.39. The molecule has 1 aromatic carbocycles. The van der Waals surface area contributed by atoms with E-state index in [1.807, 2.05) is 35.6 Å². The number of carbonyl (C=O) groups excluding carboxylic acids is 1. The molecule has 1 N–H and O–H groups in total. The van der Waals surface area contributed by atoms with E-state index in [0.29, 0.717) is 12.3 Å². The lowest BCUT2D eigenvalue weighted by Crippen LogP contribution is -2.27. The number of rotatable bonds is 7. The molecule has 0 unspecified atom stereocenters. The molecular formula is C18H21ClN2OS2. The number of aryl methyl sites for hydroxylation is 2. The van der Waals surface area contributed by atoms with E-state index in [-0.39, 0.29) is 5.91 Å². The van der Waals surface area contributed by atoms with Crippen LogP contribution in [0.1, 0.15) is 34.0 Å². The SMILES string of the molecule is O=C(CSCc1cccc(Cl)c1)NCCc1nc2c(s1)CCCC2. The molecule has 1 amide bonds. The van der Waals surface area contributed by atoms with Gasteiger partial charge in [0.2, 0.25) is 5.91 Å². The number of fused-ring (bicyclic) bond motifs is 1. The van der Waals surface area contributed by atoms with Gasteiger partial charge in [0.1, 0.15) is 0 Å². The molecule has 0 radical (unpaired) electrons. The first-order valence-corrected chi connectivity index (χ1v) is 10.6. The maximum Gasteiger partial charge on any atom is 0.230 e. The Morgan fingerprint density at radius 2 is 2.21 bits per heavy atom. The van der Waals surface area contributed by atoms with E-state index in [1.165, 1.54) is 29.8 Å². The lowest BCUT2D eigenvalue weighted by atomic mass is 10.0. The van der Waals surface area contributed by atoms with Gasteiger partial charge in [0.05, 0.1) is 16.5 Å². The quantitative estimate of drug-likeness (QED) is 0.780. The summed E-state index contributed by atoms with van der Waals surface area (Å²) < 4.78 is 0. The average Bonchev–Trinajstić information content (AvgIpc) is 2.97. The molecule has 1 aliphatic carbocycles. The van der Waals surface area contributed by atoms with Gasteiger partial charge < -0.3 is 5.32 Å². The molecule has 0 saturated carbocycles. The molecule has 1 aromatic heterocycles. The van der Waals surface area contributed by atoms with Crippen LogP contribution in [0.5, 0.6) is 0 Å². The molecule has 6 heteroatoms. The molecule has 0 fully saturated rings. The van der Waals surface area contributed by atoms with Crippen LogP contribution in [-0.4, -0.2) is 23.2 Å². The standard InChI is InChI=1S/C18H21ClN2OS2/c19-14-5-3-4-13(10-14)11-23-12-17(22)20-9-8-18-21-15-6-1-2-7-16(15)24-18/h3-5,10H,1-2,6-9,11-12H2,(H,20,22). The Hall–Kier alpha value is -1.04. The summed E-state index contributed by atoms with van der Waals surface area (Å²) in [5.74, 6) is 1.36. The van der Waals surface area contributed by atoms with Crippen molar-refractivity contribution in [2.24, 2.45) is 0 Å². The number of aromatic nitrogens is 1. The highest BCUT2D eigenvalue weighted by atomic mass is 35.5. The minimum atomic E-state index is 0.0864. The van der Waals surface area contributed by atoms with Gasteiger partial charge in [-0.25, -0.2) is 4.98 Å². The van der Waals surface area contributed by atoms with Crippen molar-refractivity contribution in [3.63, 3.8) is 0 Å². The summed E-state index contributed by atoms with van der Waals surface area (Å²) in [6, 6.07) is 7.77. The zero-order valence-electron chi connectivity index (χ0n) is 13.5. The Balaban J connectivity index is 1.34. The molecule has 3 nitrogen and oxygen atoms in total. The number of benzene rings is 1. The number of amides is 1. The van der Waals surface area contributed by atoms with Crippen LogP contribution in [0.3, 0.4) is 0 Å². The van der Waals surface area contributed by atoms with Crippen molar-refractivity contribution < 1.29 is 4.79 Å². The first kappa shape index (κ1) is 17.8. The van der Waals surface area contributed by atoms with Crippen molar-refractivity contribution in [2.75, 3.05) is 12.3 Å². The lowest BCUT2D eigenvalue weighted by Gasteiger charge is -2.06. The van der Waals surface area contributed by atoms with E-state index in [1.54, 1.807) is 11.8 Å². The number of nitrogens with one attached hydrogen (secondary N) is 1. The Labute approximate surface area is 156 Å². The molecule has 0 saturated heterocycles. The second-order valence-corrected chi connectivity index (χ2v) is 8.50. The van der Waals surface area contributed by atoms with E-state index in [2.05, 4.69) is 5.32 Å². The van der Waals surface area contributed by atoms with Crippen LogP contribution in [0.4, 0.5) is 0 Å². The first-order valence-electron chi connectivity index (χ1n) is 8.27. The van der Waals surface area contributed by atoms with Gasteiger partial charge in [0.15, 0.2) is 0 Å². The number of carbonyl (C=O) groups is 1. The molecule has 1 aliphatic rings. The van der Waals surface area contributed by atoms with Gasteiger partial charge in [-0.1, -0.05) is 23.7 Å². The molecule has 0 atom stereocenters. The van der Waals surface area contributed by atoms with E-state index < -0.39 is 0 Å². The number of thioether (sulfide) groups is 1. The van der Waals surface area contributed by atoms with Crippen molar-refractivity contribution in [1.29, 1.82) is 0 Å². The minimum Gasteiger partial charge on any atom is -0.355 e. The van der Waals surface area contributed by atoms with E-state index in [4.69, 9.17) is 16.6 Å². The van der Waals surface area contributed by atoms with Gasteiger partial charge in [-0.05, 0) is 43.4 Å². The predicted octanol–water partition coefficient (Wildman–Crippen LogP) is 4.27. The fraction of sp³-hybridized carbons (Fsp3) is 0.444. The molecule has 1 heterocycles. The molecule has 128 valence electrons. The zero-order valence-corrected chi connectivity index (χ0v) is 15.9. The highest BCUT2D eigenvalue weighted by Gasteiger charge is 2.14. The average molecular weight is 381 g/mol. The monoisotopic (exact) mass is 380 g/mol. The van der Waals surface area contributed by atoms with Crippen LogP contribution in [0, 0.1) is 0 Å². The third-order valence-electron chi connectivity index (χ3n) is 3.94. The van der Waals surface area contributed by atoms with Crippen molar-refractivity contribution >= 4 is 40.6 Å². The number of nitrogens with zero attached hydrogens (tertiary/aromatic N) is 1. The lowest BCUT2D eigenvalue weighted by molar-refractivity contribution is -0.118. The van der Waals surface area contributed by atoms with Crippen LogP contribution in [0.15, 0.2) is 24.3 Å². The highest BCUT2D eigenvalue weighted by Crippen LogP contribution is 2.26. The summed E-state index contributed by atoms with van der Waals surface area (Å²) in [6.45, 7) is 0.670. The summed E-state index contributed by atoms with van der Waals surface area (Å²) in [5, 5.41) is 4.89. The normalized spacial score (nSPS) is 13.5. The summed E-state index contributed by atoms with van der Waals surface area (Å²) in [7, 11) is 0. The van der Waals surface area contributed by atoms with Crippen molar-refractivity contribution in [3.8, 4) is 0 Å². The maximum absolute atomic E-state index is 11.9. The largest absolute Gasteiger partial charge is 0.355 e. The van der Waals surface area contributed by atoms with Crippen molar-refractivity contribution in [1.82, 2.24) is 10.3 Å². The van der Waals surface area contributed by atoms with E-state index >= 15 is 0 Å². The van der Waals surface area contributed by atoms with Crippen LogP contribution < -0.4 is 5.32 Å². The summed E-state index contributed by atoms with van der Waals surface area (Å²) in [6.07, 6.45) is 5.69. The van der Waals surface area contributed by atoms with Crippen LogP contribution in [0.25, 0.3) is 0 Å². The minimum absolute atomic E-state index is 0.0864. The second kappa shape index (κ2) is 8.88. The number of hydrogen-bond acceptors (Lipinski definition) is 4. The fourth-order valence-corrected chi connectivity index (χ4v) is 4.93.